The van der Waals surface area contributed by atoms with Crippen molar-refractivity contribution in [1.82, 2.24) is 0 Å². The number of esters is 2. The lowest BCUT2D eigenvalue weighted by atomic mass is 10.1. The third kappa shape index (κ3) is 3.83. The molecule has 25 heavy (non-hydrogen) atoms. The molecule has 1 aliphatic heterocycles. The number of halogens is 1. The summed E-state index contributed by atoms with van der Waals surface area (Å²) in [5.41, 5.74) is 3.33. The minimum absolute atomic E-state index is 0.136. The fourth-order valence-electron chi connectivity index (χ4n) is 2.35. The number of ether oxygens (including phenoxy) is 2. The number of benzene rings is 2. The van der Waals surface area contributed by atoms with Crippen LogP contribution in [0.15, 0.2) is 59.3 Å². The van der Waals surface area contributed by atoms with Crippen LogP contribution in [0.3, 0.4) is 0 Å². The van der Waals surface area contributed by atoms with Crippen molar-refractivity contribution in [3.05, 3.63) is 76.0 Å². The van der Waals surface area contributed by atoms with Gasteiger partial charge in [0.1, 0.15) is 5.70 Å². The van der Waals surface area contributed by atoms with Gasteiger partial charge in [0.15, 0.2) is 5.03 Å². The molecule has 0 aromatic heterocycles. The van der Waals surface area contributed by atoms with Crippen molar-refractivity contribution in [2.75, 3.05) is 5.32 Å². The molecule has 0 bridgehead atoms. The number of hydrogen-bond acceptors (Lipinski definition) is 5. The largest absolute Gasteiger partial charge is 0.415 e. The van der Waals surface area contributed by atoms with Gasteiger partial charge in [0.2, 0.25) is 0 Å². The molecule has 2 aromatic carbocycles. The van der Waals surface area contributed by atoms with Gasteiger partial charge in [-0.25, -0.2) is 9.59 Å². The Bertz CT molecular complexity index is 858. The van der Waals surface area contributed by atoms with Crippen LogP contribution in [0.5, 0.6) is 0 Å². The summed E-state index contributed by atoms with van der Waals surface area (Å²) in [6.07, 6.45) is -1.21. The lowest BCUT2D eigenvalue weighted by Gasteiger charge is -2.16. The van der Waals surface area contributed by atoms with E-state index in [1.54, 1.807) is 24.3 Å². The van der Waals surface area contributed by atoms with Gasteiger partial charge in [0.25, 0.3) is 6.29 Å². The number of anilines is 1. The van der Waals surface area contributed by atoms with Crippen LogP contribution in [0.25, 0.3) is 0 Å². The minimum atomic E-state index is -1.21. The molecule has 1 aliphatic rings. The van der Waals surface area contributed by atoms with E-state index >= 15 is 0 Å². The Hall–Kier alpha value is -2.79. The van der Waals surface area contributed by atoms with Gasteiger partial charge < -0.3 is 14.8 Å². The molecule has 1 atom stereocenters. The number of hydrogen-bond donors (Lipinski definition) is 1. The molecule has 0 amide bonds. The predicted molar refractivity (Wildman–Crippen MR) is 94.2 cm³/mol. The van der Waals surface area contributed by atoms with E-state index in [9.17, 15) is 9.59 Å². The van der Waals surface area contributed by atoms with Gasteiger partial charge in [-0.2, -0.15) is 0 Å². The van der Waals surface area contributed by atoms with Crippen molar-refractivity contribution in [2.24, 2.45) is 0 Å². The zero-order valence-corrected chi connectivity index (χ0v) is 14.5. The molecule has 3 rings (SSSR count). The van der Waals surface area contributed by atoms with Crippen molar-refractivity contribution in [3.63, 3.8) is 0 Å². The van der Waals surface area contributed by atoms with E-state index < -0.39 is 18.2 Å². The summed E-state index contributed by atoms with van der Waals surface area (Å²) in [5, 5.41) is 2.87. The van der Waals surface area contributed by atoms with E-state index in [4.69, 9.17) is 21.1 Å². The Labute approximate surface area is 150 Å². The minimum Gasteiger partial charge on any atom is -0.415 e. The zero-order valence-electron chi connectivity index (χ0n) is 13.7. The van der Waals surface area contributed by atoms with Crippen LogP contribution in [0.1, 0.15) is 21.5 Å². The summed E-state index contributed by atoms with van der Waals surface area (Å²) >= 11 is 6.01. The van der Waals surface area contributed by atoms with E-state index in [2.05, 4.69) is 5.32 Å². The van der Waals surface area contributed by atoms with Crippen LogP contribution >= 0.6 is 11.6 Å². The third-order valence-corrected chi connectivity index (χ3v) is 4.02. The third-order valence-electron chi connectivity index (χ3n) is 3.66. The monoisotopic (exact) mass is 357 g/mol. The molecular formula is C19H16ClNO4. The summed E-state index contributed by atoms with van der Waals surface area (Å²) in [5.74, 6) is -1.34. The van der Waals surface area contributed by atoms with Gasteiger partial charge in [-0.3, -0.25) is 0 Å². The highest BCUT2D eigenvalue weighted by Crippen LogP contribution is 2.28. The molecule has 0 saturated carbocycles. The quantitative estimate of drug-likeness (QED) is 0.840. The topological polar surface area (TPSA) is 64.6 Å². The van der Waals surface area contributed by atoms with Crippen molar-refractivity contribution in [3.8, 4) is 0 Å². The predicted octanol–water partition coefficient (Wildman–Crippen LogP) is 3.91. The van der Waals surface area contributed by atoms with Gasteiger partial charge in [-0.15, -0.1) is 0 Å². The Morgan fingerprint density at radius 2 is 1.84 bits per heavy atom. The van der Waals surface area contributed by atoms with Crippen LogP contribution in [0, 0.1) is 13.8 Å². The first kappa shape index (κ1) is 17.0. The van der Waals surface area contributed by atoms with Crippen LogP contribution in [0.4, 0.5) is 5.69 Å². The zero-order chi connectivity index (χ0) is 18.0. The molecular weight excluding hydrogens is 342 g/mol. The maximum atomic E-state index is 12.3. The fourth-order valence-corrected chi connectivity index (χ4v) is 2.53. The van der Waals surface area contributed by atoms with Gasteiger partial charge in [0, 0.05) is 5.69 Å². The Morgan fingerprint density at radius 1 is 1.12 bits per heavy atom. The first-order valence-electron chi connectivity index (χ1n) is 7.66. The Balaban J connectivity index is 1.79. The maximum absolute atomic E-state index is 12.3. The van der Waals surface area contributed by atoms with Crippen LogP contribution < -0.4 is 5.32 Å². The van der Waals surface area contributed by atoms with E-state index in [1.165, 1.54) is 0 Å². The molecule has 1 heterocycles. The molecule has 0 spiro atoms. The van der Waals surface area contributed by atoms with Crippen LogP contribution in [-0.4, -0.2) is 18.2 Å². The van der Waals surface area contributed by atoms with Gasteiger partial charge in [-0.05, 0) is 43.7 Å². The number of rotatable bonds is 4. The first-order valence-corrected chi connectivity index (χ1v) is 8.04. The smallest absolute Gasteiger partial charge is 0.355 e. The average molecular weight is 358 g/mol. The van der Waals surface area contributed by atoms with Crippen molar-refractivity contribution >= 4 is 29.2 Å². The normalized spacial score (nSPS) is 16.6. The number of aryl methyl sites for hydroxylation is 2. The van der Waals surface area contributed by atoms with Gasteiger partial charge in [-0.1, -0.05) is 41.4 Å². The highest BCUT2D eigenvalue weighted by molar-refractivity contribution is 6.42. The van der Waals surface area contributed by atoms with E-state index in [0.29, 0.717) is 11.3 Å². The SMILES string of the molecule is Cc1ccc(C(=O)O[C@@H]2OC(=O)C(Cl)=C2Nc2cccc(C)c2)cc1. The molecule has 0 radical (unpaired) electrons. The summed E-state index contributed by atoms with van der Waals surface area (Å²) in [4.78, 5) is 24.0. The number of cyclic esters (lactones) is 1. The summed E-state index contributed by atoms with van der Waals surface area (Å²) in [6, 6.07) is 14.4. The second kappa shape index (κ2) is 6.99. The molecule has 0 unspecified atom stereocenters. The number of nitrogens with one attached hydrogen (secondary N) is 1. The van der Waals surface area contributed by atoms with Crippen molar-refractivity contribution in [2.45, 2.75) is 20.1 Å². The molecule has 0 saturated heterocycles. The molecule has 2 aromatic rings. The van der Waals surface area contributed by atoms with Crippen molar-refractivity contribution in [1.29, 1.82) is 0 Å². The standard InChI is InChI=1S/C19H16ClNO4/c1-11-6-8-13(9-7-11)17(22)24-19-16(15(20)18(23)25-19)21-14-5-3-4-12(2)10-14/h3-10,19,21H,1-2H3/t19-/m1/s1. The number of carbonyl (C=O) groups is 2. The molecule has 6 heteroatoms. The fraction of sp³-hybridized carbons (Fsp3) is 0.158. The Morgan fingerprint density at radius 3 is 2.52 bits per heavy atom. The van der Waals surface area contributed by atoms with Crippen LogP contribution in [0.2, 0.25) is 0 Å². The molecule has 128 valence electrons. The Kier molecular flexibility index (Phi) is 4.76. The molecule has 5 nitrogen and oxygen atoms in total. The van der Waals surface area contributed by atoms with E-state index in [0.717, 1.165) is 11.1 Å². The van der Waals surface area contributed by atoms with E-state index in [-0.39, 0.29) is 10.7 Å². The molecule has 0 aliphatic carbocycles. The summed E-state index contributed by atoms with van der Waals surface area (Å²) < 4.78 is 10.4. The van der Waals surface area contributed by atoms with Gasteiger partial charge in [0.05, 0.1) is 5.56 Å². The molecule has 1 N–H and O–H groups in total. The van der Waals surface area contributed by atoms with Crippen molar-refractivity contribution < 1.29 is 19.1 Å². The highest BCUT2D eigenvalue weighted by atomic mass is 35.5. The second-order valence-corrected chi connectivity index (χ2v) is 6.11. The highest BCUT2D eigenvalue weighted by Gasteiger charge is 2.36. The first-order chi connectivity index (χ1) is 11.9. The lowest BCUT2D eigenvalue weighted by molar-refractivity contribution is -0.152. The molecule has 0 fully saturated rings. The average Bonchev–Trinajstić information content (AvgIpc) is 2.83. The second-order valence-electron chi connectivity index (χ2n) is 5.73. The maximum Gasteiger partial charge on any atom is 0.355 e. The summed E-state index contributed by atoms with van der Waals surface area (Å²) in [6.45, 7) is 3.85. The van der Waals surface area contributed by atoms with Crippen LogP contribution in [-0.2, 0) is 14.3 Å². The van der Waals surface area contributed by atoms with E-state index in [1.807, 2.05) is 38.1 Å². The number of carbonyl (C=O) groups excluding carboxylic acids is 2. The lowest BCUT2D eigenvalue weighted by Crippen LogP contribution is -2.24. The van der Waals surface area contributed by atoms with Gasteiger partial charge >= 0.3 is 11.9 Å². The summed E-state index contributed by atoms with van der Waals surface area (Å²) in [7, 11) is 0.